The Morgan fingerprint density at radius 3 is 2.68 bits per heavy atom. The normalized spacial score (nSPS) is 19.6. The zero-order chi connectivity index (χ0) is 13.9. The largest absolute Gasteiger partial charge is 0.314 e. The minimum Gasteiger partial charge on any atom is -0.314 e. The third kappa shape index (κ3) is 3.36. The topological polar surface area (TPSA) is 15.3 Å². The van der Waals surface area contributed by atoms with Gasteiger partial charge in [0, 0.05) is 36.2 Å². The zero-order valence-corrected chi connectivity index (χ0v) is 13.3. The standard InChI is InChI=1S/C15H22BrFN2/c1-3-15(4-2)11-18-5-6-19(15)10-12-7-13(16)9-14(17)8-12/h7-9,18H,3-6,10-11H2,1-2H3. The van der Waals surface area contributed by atoms with E-state index in [0.717, 1.165) is 49.1 Å². The van der Waals surface area contributed by atoms with E-state index in [4.69, 9.17) is 0 Å². The average Bonchev–Trinajstić information content (AvgIpc) is 2.38. The van der Waals surface area contributed by atoms with Crippen LogP contribution in [0, 0.1) is 5.82 Å². The van der Waals surface area contributed by atoms with Gasteiger partial charge in [-0.25, -0.2) is 4.39 Å². The van der Waals surface area contributed by atoms with Gasteiger partial charge in [0.05, 0.1) is 0 Å². The molecule has 1 N–H and O–H groups in total. The Hall–Kier alpha value is -0.450. The molecule has 1 heterocycles. The fourth-order valence-electron chi connectivity index (χ4n) is 3.00. The van der Waals surface area contributed by atoms with E-state index in [-0.39, 0.29) is 11.4 Å². The van der Waals surface area contributed by atoms with E-state index in [1.165, 1.54) is 6.07 Å². The molecule has 1 aliphatic rings. The fraction of sp³-hybridized carbons (Fsp3) is 0.600. The van der Waals surface area contributed by atoms with E-state index in [2.05, 4.69) is 40.0 Å². The van der Waals surface area contributed by atoms with Gasteiger partial charge >= 0.3 is 0 Å². The van der Waals surface area contributed by atoms with Crippen LogP contribution in [-0.4, -0.2) is 30.1 Å². The van der Waals surface area contributed by atoms with Crippen LogP contribution in [0.15, 0.2) is 22.7 Å². The molecule has 0 amide bonds. The summed E-state index contributed by atoms with van der Waals surface area (Å²) in [7, 11) is 0. The van der Waals surface area contributed by atoms with Gasteiger partial charge in [-0.15, -0.1) is 0 Å². The molecule has 0 unspecified atom stereocenters. The lowest BCUT2D eigenvalue weighted by atomic mass is 9.88. The summed E-state index contributed by atoms with van der Waals surface area (Å²) in [6.45, 7) is 8.36. The Bertz CT molecular complexity index is 412. The van der Waals surface area contributed by atoms with E-state index in [0.29, 0.717) is 0 Å². The number of nitrogens with zero attached hydrogens (tertiary/aromatic N) is 1. The summed E-state index contributed by atoms with van der Waals surface area (Å²) in [5, 5.41) is 3.49. The number of nitrogens with one attached hydrogen (secondary N) is 1. The molecule has 0 radical (unpaired) electrons. The van der Waals surface area contributed by atoms with Crippen molar-refractivity contribution < 1.29 is 4.39 Å². The van der Waals surface area contributed by atoms with Crippen LogP contribution in [0.4, 0.5) is 4.39 Å². The Kier molecular flexibility index (Phi) is 4.98. The van der Waals surface area contributed by atoms with E-state index >= 15 is 0 Å². The Balaban J connectivity index is 2.19. The van der Waals surface area contributed by atoms with Gasteiger partial charge in [-0.3, -0.25) is 4.90 Å². The highest BCUT2D eigenvalue weighted by Gasteiger charge is 2.35. The summed E-state index contributed by atoms with van der Waals surface area (Å²) < 4.78 is 14.3. The molecule has 106 valence electrons. The van der Waals surface area contributed by atoms with Gasteiger partial charge in [0.2, 0.25) is 0 Å². The highest BCUT2D eigenvalue weighted by atomic mass is 79.9. The molecule has 1 aliphatic heterocycles. The lowest BCUT2D eigenvalue weighted by molar-refractivity contribution is 0.0447. The Morgan fingerprint density at radius 2 is 2.05 bits per heavy atom. The monoisotopic (exact) mass is 328 g/mol. The van der Waals surface area contributed by atoms with Gasteiger partial charge in [0.15, 0.2) is 0 Å². The maximum atomic E-state index is 13.5. The van der Waals surface area contributed by atoms with Crippen LogP contribution in [0.2, 0.25) is 0 Å². The second-order valence-corrected chi connectivity index (χ2v) is 6.22. The first kappa shape index (κ1) is 14.9. The second kappa shape index (κ2) is 6.33. The van der Waals surface area contributed by atoms with Crippen molar-refractivity contribution in [2.45, 2.75) is 38.8 Å². The van der Waals surface area contributed by atoms with Gasteiger partial charge in [0.25, 0.3) is 0 Å². The molecule has 0 spiro atoms. The molecule has 1 aromatic carbocycles. The molecular formula is C15H22BrFN2. The van der Waals surface area contributed by atoms with Gasteiger partial charge < -0.3 is 5.32 Å². The number of halogens is 2. The average molecular weight is 329 g/mol. The van der Waals surface area contributed by atoms with Crippen LogP contribution in [0.5, 0.6) is 0 Å². The molecule has 1 saturated heterocycles. The van der Waals surface area contributed by atoms with Crippen molar-refractivity contribution in [3.05, 3.63) is 34.1 Å². The minimum atomic E-state index is -0.168. The first-order chi connectivity index (χ1) is 9.09. The van der Waals surface area contributed by atoms with Crippen molar-refractivity contribution in [2.24, 2.45) is 0 Å². The third-order valence-electron chi connectivity index (χ3n) is 4.30. The number of hydrogen-bond donors (Lipinski definition) is 1. The first-order valence-corrected chi connectivity index (χ1v) is 7.79. The number of hydrogen-bond acceptors (Lipinski definition) is 2. The molecule has 0 atom stereocenters. The van der Waals surface area contributed by atoms with Crippen LogP contribution in [0.1, 0.15) is 32.3 Å². The summed E-state index contributed by atoms with van der Waals surface area (Å²) in [5.74, 6) is -0.168. The molecule has 2 rings (SSSR count). The second-order valence-electron chi connectivity index (χ2n) is 5.31. The molecule has 2 nitrogen and oxygen atoms in total. The molecule has 19 heavy (non-hydrogen) atoms. The molecule has 1 fully saturated rings. The number of rotatable bonds is 4. The van der Waals surface area contributed by atoms with E-state index in [9.17, 15) is 4.39 Å². The third-order valence-corrected chi connectivity index (χ3v) is 4.75. The van der Waals surface area contributed by atoms with Crippen molar-refractivity contribution in [3.8, 4) is 0 Å². The predicted molar refractivity (Wildman–Crippen MR) is 80.7 cm³/mol. The van der Waals surface area contributed by atoms with Crippen LogP contribution in [-0.2, 0) is 6.54 Å². The molecule has 4 heteroatoms. The summed E-state index contributed by atoms with van der Waals surface area (Å²) in [6, 6.07) is 5.16. The van der Waals surface area contributed by atoms with Crippen molar-refractivity contribution >= 4 is 15.9 Å². The Morgan fingerprint density at radius 1 is 1.32 bits per heavy atom. The highest BCUT2D eigenvalue weighted by molar-refractivity contribution is 9.10. The summed E-state index contributed by atoms with van der Waals surface area (Å²) in [4.78, 5) is 2.50. The van der Waals surface area contributed by atoms with Crippen LogP contribution < -0.4 is 5.32 Å². The van der Waals surface area contributed by atoms with E-state index < -0.39 is 0 Å². The van der Waals surface area contributed by atoms with Gasteiger partial charge in [-0.2, -0.15) is 0 Å². The number of benzene rings is 1. The molecule has 0 bridgehead atoms. The molecule has 0 aromatic heterocycles. The quantitative estimate of drug-likeness (QED) is 0.909. The Labute approximate surface area is 123 Å². The first-order valence-electron chi connectivity index (χ1n) is 7.00. The zero-order valence-electron chi connectivity index (χ0n) is 11.7. The molecule has 0 saturated carbocycles. The lowest BCUT2D eigenvalue weighted by Gasteiger charge is -2.47. The van der Waals surface area contributed by atoms with Crippen LogP contribution in [0.25, 0.3) is 0 Å². The van der Waals surface area contributed by atoms with Gasteiger partial charge in [-0.1, -0.05) is 29.8 Å². The number of piperazine rings is 1. The molecule has 0 aliphatic carbocycles. The fourth-order valence-corrected chi connectivity index (χ4v) is 3.51. The molecular weight excluding hydrogens is 307 g/mol. The van der Waals surface area contributed by atoms with Crippen molar-refractivity contribution in [2.75, 3.05) is 19.6 Å². The van der Waals surface area contributed by atoms with Crippen molar-refractivity contribution in [1.82, 2.24) is 10.2 Å². The van der Waals surface area contributed by atoms with Crippen molar-refractivity contribution in [1.29, 1.82) is 0 Å². The van der Waals surface area contributed by atoms with Gasteiger partial charge in [-0.05, 0) is 36.6 Å². The highest BCUT2D eigenvalue weighted by Crippen LogP contribution is 2.28. The van der Waals surface area contributed by atoms with Crippen LogP contribution >= 0.6 is 15.9 Å². The van der Waals surface area contributed by atoms with E-state index in [1.54, 1.807) is 6.07 Å². The predicted octanol–water partition coefficient (Wildman–Crippen LogP) is 3.55. The summed E-state index contributed by atoms with van der Waals surface area (Å²) in [5.41, 5.74) is 1.25. The van der Waals surface area contributed by atoms with Crippen LogP contribution in [0.3, 0.4) is 0 Å². The van der Waals surface area contributed by atoms with Crippen molar-refractivity contribution in [3.63, 3.8) is 0 Å². The molecule has 1 aromatic rings. The van der Waals surface area contributed by atoms with E-state index in [1.807, 2.05) is 6.07 Å². The van der Waals surface area contributed by atoms with Gasteiger partial charge in [0.1, 0.15) is 5.82 Å². The smallest absolute Gasteiger partial charge is 0.124 e. The lowest BCUT2D eigenvalue weighted by Crippen LogP contribution is -2.60. The SMILES string of the molecule is CCC1(CC)CNCCN1Cc1cc(F)cc(Br)c1. The maximum Gasteiger partial charge on any atom is 0.124 e. The minimum absolute atomic E-state index is 0.168. The summed E-state index contributed by atoms with van der Waals surface area (Å²) >= 11 is 3.37. The summed E-state index contributed by atoms with van der Waals surface area (Å²) in [6.07, 6.45) is 2.24. The maximum absolute atomic E-state index is 13.5.